The van der Waals surface area contributed by atoms with Crippen molar-refractivity contribution in [2.24, 2.45) is 0 Å². The van der Waals surface area contributed by atoms with E-state index >= 15 is 0 Å². The average Bonchev–Trinajstić information content (AvgIpc) is 2.92. The van der Waals surface area contributed by atoms with Crippen LogP contribution in [0.1, 0.15) is 6.92 Å². The molecule has 0 saturated carbocycles. The number of aromatic nitrogens is 2. The van der Waals surface area contributed by atoms with Crippen LogP contribution in [-0.2, 0) is 4.79 Å². The predicted octanol–water partition coefficient (Wildman–Crippen LogP) is 1.42. The SMILES string of the molecule is CNC(C)C(=O)Nc1ccc(-n2cccn2)cc1. The van der Waals surface area contributed by atoms with Gasteiger partial charge in [0.15, 0.2) is 0 Å². The molecule has 1 aromatic carbocycles. The Bertz CT molecular complexity index is 504. The van der Waals surface area contributed by atoms with Crippen LogP contribution in [0.5, 0.6) is 0 Å². The molecule has 94 valence electrons. The Labute approximate surface area is 106 Å². The normalized spacial score (nSPS) is 12.1. The summed E-state index contributed by atoms with van der Waals surface area (Å²) in [6, 6.07) is 9.19. The van der Waals surface area contributed by atoms with Crippen LogP contribution >= 0.6 is 0 Å². The van der Waals surface area contributed by atoms with E-state index in [1.807, 2.05) is 43.5 Å². The summed E-state index contributed by atoms with van der Waals surface area (Å²) in [5, 5.41) is 9.86. The number of likely N-dealkylation sites (N-methyl/N-ethyl adjacent to an activating group) is 1. The second kappa shape index (κ2) is 5.46. The molecule has 0 radical (unpaired) electrons. The summed E-state index contributed by atoms with van der Waals surface area (Å²) in [5.74, 6) is -0.0515. The molecule has 1 amide bonds. The molecule has 0 aliphatic heterocycles. The van der Waals surface area contributed by atoms with Crippen LogP contribution in [0.2, 0.25) is 0 Å². The lowest BCUT2D eigenvalue weighted by Crippen LogP contribution is -2.35. The molecular formula is C13H16N4O. The molecule has 2 N–H and O–H groups in total. The van der Waals surface area contributed by atoms with E-state index in [2.05, 4.69) is 15.7 Å². The summed E-state index contributed by atoms with van der Waals surface area (Å²) < 4.78 is 1.77. The van der Waals surface area contributed by atoms with Crippen LogP contribution in [0.25, 0.3) is 5.69 Å². The third kappa shape index (κ3) is 2.75. The van der Waals surface area contributed by atoms with Gasteiger partial charge in [-0.05, 0) is 44.3 Å². The number of hydrogen-bond acceptors (Lipinski definition) is 3. The molecule has 1 unspecified atom stereocenters. The number of benzene rings is 1. The second-order valence-electron chi connectivity index (χ2n) is 4.00. The van der Waals surface area contributed by atoms with Crippen LogP contribution in [0.4, 0.5) is 5.69 Å². The number of rotatable bonds is 4. The van der Waals surface area contributed by atoms with Gasteiger partial charge in [-0.25, -0.2) is 4.68 Å². The minimum atomic E-state index is -0.212. The maximum atomic E-state index is 11.7. The van der Waals surface area contributed by atoms with Gasteiger partial charge in [0.05, 0.1) is 11.7 Å². The number of anilines is 1. The zero-order valence-electron chi connectivity index (χ0n) is 10.4. The Balaban J connectivity index is 2.06. The summed E-state index contributed by atoms with van der Waals surface area (Å²) in [6.45, 7) is 1.81. The molecule has 0 fully saturated rings. The number of hydrogen-bond donors (Lipinski definition) is 2. The van der Waals surface area contributed by atoms with Crippen LogP contribution in [0.15, 0.2) is 42.7 Å². The van der Waals surface area contributed by atoms with Crippen molar-refractivity contribution in [3.05, 3.63) is 42.7 Å². The first-order valence-corrected chi connectivity index (χ1v) is 5.79. The first kappa shape index (κ1) is 12.3. The molecule has 0 bridgehead atoms. The van der Waals surface area contributed by atoms with E-state index in [-0.39, 0.29) is 11.9 Å². The second-order valence-corrected chi connectivity index (χ2v) is 4.00. The summed E-state index contributed by atoms with van der Waals surface area (Å²) >= 11 is 0. The van der Waals surface area contributed by atoms with Gasteiger partial charge in [0, 0.05) is 18.1 Å². The number of carbonyl (C=O) groups is 1. The topological polar surface area (TPSA) is 59.0 Å². The highest BCUT2D eigenvalue weighted by atomic mass is 16.2. The number of nitrogens with one attached hydrogen (secondary N) is 2. The van der Waals surface area contributed by atoms with E-state index in [1.165, 1.54) is 0 Å². The Morgan fingerprint density at radius 2 is 2.06 bits per heavy atom. The summed E-state index contributed by atoms with van der Waals surface area (Å²) in [7, 11) is 1.76. The minimum absolute atomic E-state index is 0.0515. The van der Waals surface area contributed by atoms with Gasteiger partial charge in [-0.2, -0.15) is 5.10 Å². The van der Waals surface area contributed by atoms with E-state index in [1.54, 1.807) is 17.9 Å². The quantitative estimate of drug-likeness (QED) is 0.855. The number of carbonyl (C=O) groups excluding carboxylic acids is 1. The first-order chi connectivity index (χ1) is 8.70. The van der Waals surface area contributed by atoms with Crippen molar-refractivity contribution in [2.45, 2.75) is 13.0 Å². The lowest BCUT2D eigenvalue weighted by atomic mass is 10.2. The van der Waals surface area contributed by atoms with Crippen molar-refractivity contribution >= 4 is 11.6 Å². The van der Waals surface area contributed by atoms with Gasteiger partial charge in [0.2, 0.25) is 5.91 Å². The van der Waals surface area contributed by atoms with Gasteiger partial charge in [0.25, 0.3) is 0 Å². The van der Waals surface area contributed by atoms with Gasteiger partial charge < -0.3 is 10.6 Å². The highest BCUT2D eigenvalue weighted by Gasteiger charge is 2.09. The van der Waals surface area contributed by atoms with Crippen molar-refractivity contribution in [1.29, 1.82) is 0 Å². The van der Waals surface area contributed by atoms with Gasteiger partial charge in [-0.1, -0.05) is 0 Å². The van der Waals surface area contributed by atoms with E-state index < -0.39 is 0 Å². The monoisotopic (exact) mass is 244 g/mol. The Hall–Kier alpha value is -2.14. The molecule has 0 spiro atoms. The van der Waals surface area contributed by atoms with E-state index in [4.69, 9.17) is 0 Å². The molecule has 5 heteroatoms. The lowest BCUT2D eigenvalue weighted by molar-refractivity contribution is -0.117. The lowest BCUT2D eigenvalue weighted by Gasteiger charge is -2.11. The van der Waals surface area contributed by atoms with Crippen molar-refractivity contribution in [2.75, 3.05) is 12.4 Å². The van der Waals surface area contributed by atoms with Gasteiger partial charge in [0.1, 0.15) is 0 Å². The van der Waals surface area contributed by atoms with Gasteiger partial charge in [-0.3, -0.25) is 4.79 Å². The Morgan fingerprint density at radius 3 is 2.61 bits per heavy atom. The third-order valence-corrected chi connectivity index (χ3v) is 2.73. The maximum absolute atomic E-state index is 11.7. The molecule has 0 aliphatic carbocycles. The summed E-state index contributed by atoms with van der Waals surface area (Å²) in [6.07, 6.45) is 3.60. The Morgan fingerprint density at radius 1 is 1.33 bits per heavy atom. The molecule has 1 atom stereocenters. The molecule has 2 rings (SSSR count). The first-order valence-electron chi connectivity index (χ1n) is 5.79. The van der Waals surface area contributed by atoms with E-state index in [9.17, 15) is 4.79 Å². The van der Waals surface area contributed by atoms with Crippen molar-refractivity contribution in [3.63, 3.8) is 0 Å². The van der Waals surface area contributed by atoms with E-state index in [0.717, 1.165) is 11.4 Å². The molecule has 0 aliphatic rings. The Kier molecular flexibility index (Phi) is 3.74. The zero-order chi connectivity index (χ0) is 13.0. The van der Waals surface area contributed by atoms with Crippen molar-refractivity contribution in [3.8, 4) is 5.69 Å². The molecule has 5 nitrogen and oxygen atoms in total. The molecule has 0 saturated heterocycles. The molecule has 18 heavy (non-hydrogen) atoms. The standard InChI is InChI=1S/C13H16N4O/c1-10(14-2)13(18)16-11-4-6-12(7-5-11)17-9-3-8-15-17/h3-10,14H,1-2H3,(H,16,18). The molecular weight excluding hydrogens is 228 g/mol. The fourth-order valence-corrected chi connectivity index (χ4v) is 1.50. The fourth-order valence-electron chi connectivity index (χ4n) is 1.50. The van der Waals surface area contributed by atoms with Crippen molar-refractivity contribution < 1.29 is 4.79 Å². The van der Waals surface area contributed by atoms with Crippen molar-refractivity contribution in [1.82, 2.24) is 15.1 Å². The summed E-state index contributed by atoms with van der Waals surface area (Å²) in [5.41, 5.74) is 1.73. The number of amides is 1. The van der Waals surface area contributed by atoms with Crippen LogP contribution in [-0.4, -0.2) is 28.8 Å². The molecule has 1 heterocycles. The van der Waals surface area contributed by atoms with Gasteiger partial charge >= 0.3 is 0 Å². The van der Waals surface area contributed by atoms with Crippen LogP contribution < -0.4 is 10.6 Å². The highest BCUT2D eigenvalue weighted by Crippen LogP contribution is 2.12. The van der Waals surface area contributed by atoms with E-state index in [0.29, 0.717) is 0 Å². The van der Waals surface area contributed by atoms with Crippen LogP contribution in [0.3, 0.4) is 0 Å². The average molecular weight is 244 g/mol. The largest absolute Gasteiger partial charge is 0.325 e. The molecule has 2 aromatic rings. The maximum Gasteiger partial charge on any atom is 0.241 e. The van der Waals surface area contributed by atoms with Gasteiger partial charge in [-0.15, -0.1) is 0 Å². The fraction of sp³-hybridized carbons (Fsp3) is 0.231. The summed E-state index contributed by atoms with van der Waals surface area (Å²) in [4.78, 5) is 11.7. The highest BCUT2D eigenvalue weighted by molar-refractivity contribution is 5.94. The number of nitrogens with zero attached hydrogens (tertiary/aromatic N) is 2. The zero-order valence-corrected chi connectivity index (χ0v) is 10.4. The predicted molar refractivity (Wildman–Crippen MR) is 70.7 cm³/mol. The molecule has 1 aromatic heterocycles. The van der Waals surface area contributed by atoms with Crippen LogP contribution in [0, 0.1) is 0 Å². The third-order valence-electron chi connectivity index (χ3n) is 2.73. The minimum Gasteiger partial charge on any atom is -0.325 e. The smallest absolute Gasteiger partial charge is 0.241 e.